The Balaban J connectivity index is 2.04. The van der Waals surface area contributed by atoms with Crippen LogP contribution in [0.4, 0.5) is 4.79 Å². The van der Waals surface area contributed by atoms with Gasteiger partial charge in [-0.05, 0) is 30.4 Å². The highest BCUT2D eigenvalue weighted by Crippen LogP contribution is 2.28. The molecule has 1 saturated carbocycles. The zero-order chi connectivity index (χ0) is 11.8. The van der Waals surface area contributed by atoms with E-state index in [4.69, 9.17) is 0 Å². The quantitative estimate of drug-likeness (QED) is 0.727. The fourth-order valence-electron chi connectivity index (χ4n) is 2.56. The summed E-state index contributed by atoms with van der Waals surface area (Å²) in [4.78, 5) is 30.2. The average molecular weight is 228 g/mol. The van der Waals surface area contributed by atoms with Gasteiger partial charge in [0.25, 0.3) is 0 Å². The van der Waals surface area contributed by atoms with Crippen LogP contribution in [0.3, 0.4) is 0 Å². The van der Waals surface area contributed by atoms with E-state index in [9.17, 15) is 9.59 Å². The lowest BCUT2D eigenvalue weighted by Crippen LogP contribution is -2.29. The van der Waals surface area contributed by atoms with Crippen molar-refractivity contribution in [3.05, 3.63) is 34.5 Å². The number of carbonyl (C=O) groups excluding carboxylic acids is 2. The van der Waals surface area contributed by atoms with E-state index in [0.717, 1.165) is 23.8 Å². The number of hydrogen-bond donors (Lipinski definition) is 0. The summed E-state index contributed by atoms with van der Waals surface area (Å²) >= 11 is 0. The predicted octanol–water partition coefficient (Wildman–Crippen LogP) is 1.29. The fraction of sp³-hybridized carbons (Fsp3) is 0.385. The SMILES string of the molecule is O=C1CCC(c2cccc3c2=NC(=O)N=3)CC1. The Kier molecular flexibility index (Phi) is 2.35. The van der Waals surface area contributed by atoms with E-state index >= 15 is 0 Å². The van der Waals surface area contributed by atoms with Crippen molar-refractivity contribution in [1.29, 1.82) is 0 Å². The first kappa shape index (κ1) is 10.3. The summed E-state index contributed by atoms with van der Waals surface area (Å²) in [6.45, 7) is 0. The van der Waals surface area contributed by atoms with Crippen molar-refractivity contribution in [2.24, 2.45) is 9.98 Å². The molecule has 0 saturated heterocycles. The van der Waals surface area contributed by atoms with Crippen LogP contribution in [-0.4, -0.2) is 11.8 Å². The van der Waals surface area contributed by atoms with Gasteiger partial charge >= 0.3 is 6.03 Å². The fourth-order valence-corrected chi connectivity index (χ4v) is 2.56. The molecule has 3 rings (SSSR count). The van der Waals surface area contributed by atoms with Crippen molar-refractivity contribution < 1.29 is 9.59 Å². The van der Waals surface area contributed by atoms with Gasteiger partial charge in [-0.15, -0.1) is 0 Å². The van der Waals surface area contributed by atoms with Crippen LogP contribution in [0.2, 0.25) is 0 Å². The summed E-state index contributed by atoms with van der Waals surface area (Å²) in [5.41, 5.74) is 1.07. The average Bonchev–Trinajstić information content (AvgIpc) is 2.70. The number of rotatable bonds is 1. The highest BCUT2D eigenvalue weighted by Gasteiger charge is 2.22. The molecule has 0 N–H and O–H groups in total. The van der Waals surface area contributed by atoms with E-state index in [2.05, 4.69) is 9.98 Å². The number of benzene rings is 1. The molecule has 1 aromatic rings. The maximum Gasteiger partial charge on any atom is 0.368 e. The molecule has 1 heterocycles. The summed E-state index contributed by atoms with van der Waals surface area (Å²) in [6.07, 6.45) is 3.00. The van der Waals surface area contributed by atoms with Gasteiger partial charge in [0.2, 0.25) is 0 Å². The van der Waals surface area contributed by atoms with Gasteiger partial charge in [-0.25, -0.2) is 4.79 Å². The first-order valence-electron chi connectivity index (χ1n) is 5.86. The van der Waals surface area contributed by atoms with Gasteiger partial charge in [0, 0.05) is 12.8 Å². The molecule has 0 spiro atoms. The van der Waals surface area contributed by atoms with Crippen molar-refractivity contribution in [3.8, 4) is 0 Å². The van der Waals surface area contributed by atoms with E-state index in [0.29, 0.717) is 29.9 Å². The molecule has 2 aliphatic rings. The number of fused-ring (bicyclic) bond motifs is 1. The number of nitrogens with zero attached hydrogens (tertiary/aromatic N) is 2. The zero-order valence-electron chi connectivity index (χ0n) is 9.35. The molecule has 0 unspecified atom stereocenters. The maximum atomic E-state index is 11.2. The van der Waals surface area contributed by atoms with Gasteiger partial charge in [-0.1, -0.05) is 12.1 Å². The van der Waals surface area contributed by atoms with Crippen LogP contribution in [-0.2, 0) is 4.79 Å². The van der Waals surface area contributed by atoms with Crippen molar-refractivity contribution >= 4 is 11.8 Å². The molecule has 1 fully saturated rings. The van der Waals surface area contributed by atoms with Gasteiger partial charge in [0.1, 0.15) is 5.78 Å². The second-order valence-corrected chi connectivity index (χ2v) is 4.53. The van der Waals surface area contributed by atoms with Crippen LogP contribution in [0.15, 0.2) is 28.2 Å². The Morgan fingerprint density at radius 3 is 2.59 bits per heavy atom. The molecule has 17 heavy (non-hydrogen) atoms. The van der Waals surface area contributed by atoms with Gasteiger partial charge in [-0.3, -0.25) is 4.79 Å². The second kappa shape index (κ2) is 3.87. The van der Waals surface area contributed by atoms with Crippen molar-refractivity contribution in [2.45, 2.75) is 31.6 Å². The van der Waals surface area contributed by atoms with Gasteiger partial charge in [-0.2, -0.15) is 9.98 Å². The summed E-state index contributed by atoms with van der Waals surface area (Å²) in [7, 11) is 0. The number of amides is 2. The Hall–Kier alpha value is -1.84. The standard InChI is InChI=1S/C13H12N2O2/c16-9-6-4-8(5-7-9)10-2-1-3-11-12(10)15-13(17)14-11/h1-3,8H,4-7H2. The first-order valence-corrected chi connectivity index (χ1v) is 5.86. The molecule has 0 radical (unpaired) electrons. The minimum Gasteiger partial charge on any atom is -0.300 e. The summed E-state index contributed by atoms with van der Waals surface area (Å²) in [5, 5.41) is 1.39. The minimum absolute atomic E-state index is 0.339. The summed E-state index contributed by atoms with van der Waals surface area (Å²) in [6, 6.07) is 5.29. The predicted molar refractivity (Wildman–Crippen MR) is 60.4 cm³/mol. The lowest BCUT2D eigenvalue weighted by Gasteiger charge is -2.20. The van der Waals surface area contributed by atoms with Crippen LogP contribution in [0, 0.1) is 0 Å². The molecule has 4 heteroatoms. The van der Waals surface area contributed by atoms with Crippen molar-refractivity contribution in [2.75, 3.05) is 0 Å². The van der Waals surface area contributed by atoms with Gasteiger partial charge < -0.3 is 0 Å². The number of para-hydroxylation sites is 1. The molecule has 0 atom stereocenters. The monoisotopic (exact) mass is 228 g/mol. The zero-order valence-corrected chi connectivity index (χ0v) is 9.35. The lowest BCUT2D eigenvalue weighted by molar-refractivity contribution is -0.120. The van der Waals surface area contributed by atoms with Crippen LogP contribution in [0.25, 0.3) is 0 Å². The van der Waals surface area contributed by atoms with E-state index in [1.807, 2.05) is 12.1 Å². The van der Waals surface area contributed by atoms with Crippen LogP contribution < -0.4 is 10.7 Å². The van der Waals surface area contributed by atoms with Gasteiger partial charge in [0.05, 0.1) is 10.7 Å². The molecule has 0 aromatic heterocycles. The Morgan fingerprint density at radius 2 is 1.82 bits per heavy atom. The molecule has 0 bridgehead atoms. The van der Waals surface area contributed by atoms with E-state index in [-0.39, 0.29) is 0 Å². The molecular weight excluding hydrogens is 216 g/mol. The van der Waals surface area contributed by atoms with Crippen LogP contribution >= 0.6 is 0 Å². The molecule has 86 valence electrons. The van der Waals surface area contributed by atoms with Crippen molar-refractivity contribution in [3.63, 3.8) is 0 Å². The number of Topliss-reactive ketones (excluding diaryl/α,β-unsaturated/α-hetero) is 1. The van der Waals surface area contributed by atoms with E-state index in [1.54, 1.807) is 6.07 Å². The summed E-state index contributed by atoms with van der Waals surface area (Å²) in [5.74, 6) is 0.680. The molecule has 1 aliphatic heterocycles. The molecule has 4 nitrogen and oxygen atoms in total. The molecule has 1 aromatic carbocycles. The smallest absolute Gasteiger partial charge is 0.300 e. The third-order valence-electron chi connectivity index (χ3n) is 3.45. The third-order valence-corrected chi connectivity index (χ3v) is 3.45. The van der Waals surface area contributed by atoms with Crippen LogP contribution in [0.1, 0.15) is 37.2 Å². The minimum atomic E-state index is -0.417. The number of hydrogen-bond acceptors (Lipinski definition) is 2. The molecular formula is C13H12N2O2. The Bertz CT molecular complexity index is 609. The van der Waals surface area contributed by atoms with E-state index in [1.165, 1.54) is 0 Å². The lowest BCUT2D eigenvalue weighted by atomic mass is 9.83. The highest BCUT2D eigenvalue weighted by molar-refractivity contribution is 5.79. The molecule has 2 amide bonds. The maximum absolute atomic E-state index is 11.2. The largest absolute Gasteiger partial charge is 0.368 e. The highest BCUT2D eigenvalue weighted by atomic mass is 16.2. The third kappa shape index (κ3) is 1.79. The normalized spacial score (nSPS) is 19.8. The topological polar surface area (TPSA) is 58.9 Å². The molecule has 1 aliphatic carbocycles. The summed E-state index contributed by atoms with van der Waals surface area (Å²) < 4.78 is 0. The Morgan fingerprint density at radius 1 is 1.06 bits per heavy atom. The number of urea groups is 1. The first-order chi connectivity index (χ1) is 8.24. The van der Waals surface area contributed by atoms with Crippen molar-refractivity contribution in [1.82, 2.24) is 0 Å². The van der Waals surface area contributed by atoms with E-state index < -0.39 is 6.03 Å². The second-order valence-electron chi connectivity index (χ2n) is 4.53. The van der Waals surface area contributed by atoms with Crippen LogP contribution in [0.5, 0.6) is 0 Å². The number of ketones is 1. The Labute approximate surface area is 98.1 Å². The van der Waals surface area contributed by atoms with Gasteiger partial charge in [0.15, 0.2) is 0 Å². The number of carbonyl (C=O) groups is 2.